The number of benzene rings is 2. The summed E-state index contributed by atoms with van der Waals surface area (Å²) in [5, 5.41) is 11.2. The highest BCUT2D eigenvalue weighted by Crippen LogP contribution is 2.42. The molecule has 0 bridgehead atoms. The first-order valence-electron chi connectivity index (χ1n) is 11.0. The second-order valence-corrected chi connectivity index (χ2v) is 8.17. The number of ketones is 1. The summed E-state index contributed by atoms with van der Waals surface area (Å²) in [5.74, 6) is -0.995. The lowest BCUT2D eigenvalue weighted by molar-refractivity contribution is -0.132. The first kappa shape index (κ1) is 22.3. The molecule has 1 unspecified atom stereocenters. The van der Waals surface area contributed by atoms with Crippen LogP contribution in [0.1, 0.15) is 43.5 Å². The molecule has 1 atom stereocenters. The van der Waals surface area contributed by atoms with Crippen LogP contribution in [0.4, 0.5) is 5.69 Å². The smallest absolute Gasteiger partial charge is 0.300 e. The molecule has 1 aliphatic rings. The number of rotatable bonds is 6. The van der Waals surface area contributed by atoms with Crippen LogP contribution in [-0.4, -0.2) is 27.9 Å². The van der Waals surface area contributed by atoms with Crippen molar-refractivity contribution in [2.24, 2.45) is 0 Å². The summed E-state index contributed by atoms with van der Waals surface area (Å²) in [7, 11) is 0. The summed E-state index contributed by atoms with van der Waals surface area (Å²) in [6.45, 7) is 5.90. The van der Waals surface area contributed by atoms with Crippen LogP contribution in [0.5, 0.6) is 5.75 Å². The molecule has 6 nitrogen and oxygen atoms in total. The van der Waals surface area contributed by atoms with Crippen LogP contribution in [0.2, 0.25) is 0 Å². The van der Waals surface area contributed by atoms with Crippen molar-refractivity contribution in [1.29, 1.82) is 0 Å². The number of carbonyl (C=O) groups excluding carboxylic acids is 2. The Hall–Kier alpha value is -3.93. The monoisotopic (exact) mass is 442 g/mol. The average molecular weight is 443 g/mol. The van der Waals surface area contributed by atoms with E-state index >= 15 is 0 Å². The number of pyridine rings is 1. The van der Waals surface area contributed by atoms with Crippen LogP contribution >= 0.6 is 0 Å². The molecule has 1 amide bonds. The summed E-state index contributed by atoms with van der Waals surface area (Å²) < 4.78 is 5.66. The minimum absolute atomic E-state index is 0.0134. The predicted molar refractivity (Wildman–Crippen MR) is 127 cm³/mol. The third-order valence-corrected chi connectivity index (χ3v) is 5.57. The van der Waals surface area contributed by atoms with Gasteiger partial charge in [0.15, 0.2) is 0 Å². The zero-order valence-electron chi connectivity index (χ0n) is 18.9. The second kappa shape index (κ2) is 9.28. The Labute approximate surface area is 193 Å². The lowest BCUT2D eigenvalue weighted by Gasteiger charge is -2.25. The van der Waals surface area contributed by atoms with E-state index in [1.165, 1.54) is 4.90 Å². The van der Waals surface area contributed by atoms with E-state index in [0.29, 0.717) is 22.6 Å². The third kappa shape index (κ3) is 4.37. The molecule has 1 aromatic heterocycles. The highest BCUT2D eigenvalue weighted by molar-refractivity contribution is 6.51. The fraction of sp³-hybridized carbons (Fsp3) is 0.222. The maximum atomic E-state index is 13.2. The number of hydrogen-bond donors (Lipinski definition) is 1. The van der Waals surface area contributed by atoms with Crippen molar-refractivity contribution in [1.82, 2.24) is 4.98 Å². The first-order valence-corrected chi connectivity index (χ1v) is 11.0. The maximum absolute atomic E-state index is 13.2. The van der Waals surface area contributed by atoms with E-state index in [1.54, 1.807) is 48.8 Å². The van der Waals surface area contributed by atoms with E-state index in [-0.39, 0.29) is 17.4 Å². The number of anilines is 1. The standard InChI is InChI=1S/C27H26N2O4/c1-4-18-7-11-21(12-8-18)29-24(20-6-5-15-28-16-20)23(26(31)27(29)32)25(30)19-9-13-22(14-10-19)33-17(2)3/h5-17,24,30H,4H2,1-3H3/b25-23-. The van der Waals surface area contributed by atoms with E-state index in [0.717, 1.165) is 12.0 Å². The lowest BCUT2D eigenvalue weighted by atomic mass is 9.96. The maximum Gasteiger partial charge on any atom is 0.300 e. The average Bonchev–Trinajstić information content (AvgIpc) is 3.10. The summed E-state index contributed by atoms with van der Waals surface area (Å²) >= 11 is 0. The molecule has 4 rings (SSSR count). The highest BCUT2D eigenvalue weighted by Gasteiger charge is 2.47. The van der Waals surface area contributed by atoms with Crippen molar-refractivity contribution in [2.75, 3.05) is 4.90 Å². The molecule has 168 valence electrons. The molecule has 2 aromatic carbocycles. The molecule has 2 heterocycles. The second-order valence-electron chi connectivity index (χ2n) is 8.17. The zero-order valence-corrected chi connectivity index (χ0v) is 18.9. The van der Waals surface area contributed by atoms with Crippen molar-refractivity contribution < 1.29 is 19.4 Å². The van der Waals surface area contributed by atoms with Gasteiger partial charge in [0, 0.05) is 23.6 Å². The van der Waals surface area contributed by atoms with Gasteiger partial charge in [-0.15, -0.1) is 0 Å². The molecule has 3 aromatic rings. The highest BCUT2D eigenvalue weighted by atomic mass is 16.5. The molecular weight excluding hydrogens is 416 g/mol. The van der Waals surface area contributed by atoms with Gasteiger partial charge in [-0.1, -0.05) is 25.1 Å². The first-order chi connectivity index (χ1) is 15.9. The minimum atomic E-state index is -0.794. The number of amides is 1. The minimum Gasteiger partial charge on any atom is -0.507 e. The van der Waals surface area contributed by atoms with E-state index in [4.69, 9.17) is 4.74 Å². The number of aromatic nitrogens is 1. The van der Waals surface area contributed by atoms with E-state index < -0.39 is 17.7 Å². The zero-order chi connectivity index (χ0) is 23.5. The Kier molecular flexibility index (Phi) is 6.27. The molecule has 0 saturated carbocycles. The van der Waals surface area contributed by atoms with Gasteiger partial charge in [0.1, 0.15) is 11.5 Å². The van der Waals surface area contributed by atoms with Crippen LogP contribution in [0.15, 0.2) is 78.6 Å². The van der Waals surface area contributed by atoms with Crippen LogP contribution in [0, 0.1) is 0 Å². The number of hydrogen-bond acceptors (Lipinski definition) is 5. The van der Waals surface area contributed by atoms with Crippen molar-refractivity contribution in [3.05, 3.63) is 95.3 Å². The Morgan fingerprint density at radius 2 is 1.76 bits per heavy atom. The lowest BCUT2D eigenvalue weighted by Crippen LogP contribution is -2.29. The summed E-state index contributed by atoms with van der Waals surface area (Å²) in [4.78, 5) is 31.9. The van der Waals surface area contributed by atoms with Gasteiger partial charge in [-0.05, 0) is 73.9 Å². The quantitative estimate of drug-likeness (QED) is 0.328. The normalized spacial score (nSPS) is 17.6. The van der Waals surface area contributed by atoms with Gasteiger partial charge in [0.2, 0.25) is 0 Å². The Bertz CT molecular complexity index is 1180. The topological polar surface area (TPSA) is 79.7 Å². The summed E-state index contributed by atoms with van der Waals surface area (Å²) in [6, 6.07) is 17.1. The molecule has 1 saturated heterocycles. The van der Waals surface area contributed by atoms with Crippen molar-refractivity contribution in [3.8, 4) is 5.75 Å². The van der Waals surface area contributed by atoms with E-state index in [2.05, 4.69) is 4.98 Å². The van der Waals surface area contributed by atoms with E-state index in [9.17, 15) is 14.7 Å². The molecule has 33 heavy (non-hydrogen) atoms. The molecule has 1 fully saturated rings. The van der Waals surface area contributed by atoms with Crippen molar-refractivity contribution in [3.63, 3.8) is 0 Å². The number of aliphatic hydroxyl groups is 1. The summed E-state index contributed by atoms with van der Waals surface area (Å²) in [5.41, 5.74) is 2.81. The molecular formula is C27H26N2O4. The Morgan fingerprint density at radius 3 is 2.33 bits per heavy atom. The van der Waals surface area contributed by atoms with Crippen LogP contribution in [0.25, 0.3) is 5.76 Å². The number of aliphatic hydroxyl groups excluding tert-OH is 1. The number of Topliss-reactive ketones (excluding diaryl/α,β-unsaturated/α-hetero) is 1. The van der Waals surface area contributed by atoms with Crippen LogP contribution in [0.3, 0.4) is 0 Å². The SMILES string of the molecule is CCc1ccc(N2C(=O)C(=O)/C(=C(\O)c3ccc(OC(C)C)cc3)C2c2cccnc2)cc1. The van der Waals surface area contributed by atoms with E-state index in [1.807, 2.05) is 45.0 Å². The van der Waals surface area contributed by atoms with Crippen molar-refractivity contribution in [2.45, 2.75) is 39.3 Å². The number of aryl methyl sites for hydroxylation is 1. The number of ether oxygens (including phenoxy) is 1. The molecule has 1 N–H and O–H groups in total. The Balaban J connectivity index is 1.83. The van der Waals surface area contributed by atoms with Gasteiger partial charge in [-0.25, -0.2) is 0 Å². The van der Waals surface area contributed by atoms with Gasteiger partial charge in [0.05, 0.1) is 17.7 Å². The molecule has 0 aliphatic carbocycles. The van der Waals surface area contributed by atoms with Gasteiger partial charge >= 0.3 is 0 Å². The molecule has 6 heteroatoms. The van der Waals surface area contributed by atoms with Crippen LogP contribution < -0.4 is 9.64 Å². The van der Waals surface area contributed by atoms with Gasteiger partial charge in [0.25, 0.3) is 11.7 Å². The third-order valence-electron chi connectivity index (χ3n) is 5.57. The summed E-state index contributed by atoms with van der Waals surface area (Å²) in [6.07, 6.45) is 4.11. The van der Waals surface area contributed by atoms with Crippen LogP contribution in [-0.2, 0) is 16.0 Å². The van der Waals surface area contributed by atoms with Crippen molar-refractivity contribution >= 4 is 23.1 Å². The molecule has 1 aliphatic heterocycles. The predicted octanol–water partition coefficient (Wildman–Crippen LogP) is 5.06. The molecule has 0 spiro atoms. The van der Waals surface area contributed by atoms with Gasteiger partial charge in [-0.3, -0.25) is 19.5 Å². The fourth-order valence-corrected chi connectivity index (χ4v) is 3.96. The molecule has 0 radical (unpaired) electrons. The largest absolute Gasteiger partial charge is 0.507 e. The van der Waals surface area contributed by atoms with Gasteiger partial charge in [-0.2, -0.15) is 0 Å². The number of carbonyl (C=O) groups is 2. The Morgan fingerprint density at radius 1 is 1.06 bits per heavy atom. The van der Waals surface area contributed by atoms with Gasteiger partial charge < -0.3 is 9.84 Å². The number of nitrogens with zero attached hydrogens (tertiary/aromatic N) is 2. The fourth-order valence-electron chi connectivity index (χ4n) is 3.96.